The van der Waals surface area contributed by atoms with Crippen molar-refractivity contribution < 1.29 is 19.7 Å². The van der Waals surface area contributed by atoms with Crippen LogP contribution in [-0.4, -0.2) is 35.0 Å². The third-order valence-corrected chi connectivity index (χ3v) is 2.17. The molecular weight excluding hydrogens is 184 g/mol. The molecule has 84 valence electrons. The van der Waals surface area contributed by atoms with Gasteiger partial charge in [0.2, 0.25) is 0 Å². The lowest BCUT2D eigenvalue weighted by Crippen LogP contribution is -2.42. The molecule has 0 aliphatic heterocycles. The van der Waals surface area contributed by atoms with Gasteiger partial charge >= 0.3 is 5.97 Å². The van der Waals surface area contributed by atoms with E-state index in [-0.39, 0.29) is 13.2 Å². The highest BCUT2D eigenvalue weighted by atomic mass is 16.5. The molecule has 0 atom stereocenters. The van der Waals surface area contributed by atoms with Crippen molar-refractivity contribution >= 4 is 5.97 Å². The molecule has 0 aromatic heterocycles. The fourth-order valence-electron chi connectivity index (χ4n) is 1.59. The van der Waals surface area contributed by atoms with Crippen LogP contribution in [0.15, 0.2) is 0 Å². The average Bonchev–Trinajstić information content (AvgIpc) is 2.14. The van der Waals surface area contributed by atoms with Crippen LogP contribution in [-0.2, 0) is 9.53 Å². The Kier molecular flexibility index (Phi) is 6.49. The lowest BCUT2D eigenvalue weighted by molar-refractivity contribution is -0.169. The van der Waals surface area contributed by atoms with Gasteiger partial charge in [-0.05, 0) is 12.8 Å². The van der Waals surface area contributed by atoms with E-state index in [1.807, 2.05) is 13.8 Å². The molecule has 0 saturated heterocycles. The van der Waals surface area contributed by atoms with Crippen molar-refractivity contribution in [2.75, 3.05) is 13.2 Å². The standard InChI is InChI=1S/C10H20O4/c1-3-5-10(6-4-2,9(12)13)14-8-7-11/h11H,3-8H2,1-2H3,(H,12,13). The molecular formula is C10H20O4. The Labute approximate surface area is 84.9 Å². The average molecular weight is 204 g/mol. The van der Waals surface area contributed by atoms with Gasteiger partial charge in [-0.1, -0.05) is 26.7 Å². The molecule has 0 aliphatic carbocycles. The summed E-state index contributed by atoms with van der Waals surface area (Å²) < 4.78 is 5.27. The molecule has 0 aromatic carbocycles. The predicted octanol–water partition coefficient (Wildman–Crippen LogP) is 1.42. The van der Waals surface area contributed by atoms with Gasteiger partial charge in [0.05, 0.1) is 13.2 Å². The van der Waals surface area contributed by atoms with Gasteiger partial charge in [-0.3, -0.25) is 0 Å². The third-order valence-electron chi connectivity index (χ3n) is 2.17. The molecule has 0 saturated carbocycles. The first-order valence-corrected chi connectivity index (χ1v) is 5.11. The van der Waals surface area contributed by atoms with Crippen LogP contribution < -0.4 is 0 Å². The van der Waals surface area contributed by atoms with Crippen molar-refractivity contribution in [2.24, 2.45) is 0 Å². The molecule has 14 heavy (non-hydrogen) atoms. The maximum atomic E-state index is 11.1. The highest BCUT2D eigenvalue weighted by Gasteiger charge is 2.37. The van der Waals surface area contributed by atoms with E-state index >= 15 is 0 Å². The summed E-state index contributed by atoms with van der Waals surface area (Å²) in [4.78, 5) is 11.1. The smallest absolute Gasteiger partial charge is 0.335 e. The quantitative estimate of drug-likeness (QED) is 0.627. The van der Waals surface area contributed by atoms with Crippen molar-refractivity contribution in [3.8, 4) is 0 Å². The summed E-state index contributed by atoms with van der Waals surface area (Å²) in [6.07, 6.45) is 2.52. The normalized spacial score (nSPS) is 11.6. The zero-order valence-electron chi connectivity index (χ0n) is 8.95. The number of aliphatic carboxylic acids is 1. The molecule has 0 heterocycles. The summed E-state index contributed by atoms with van der Waals surface area (Å²) in [5.41, 5.74) is -1.09. The van der Waals surface area contributed by atoms with Gasteiger partial charge in [0.1, 0.15) is 0 Å². The molecule has 0 fully saturated rings. The largest absolute Gasteiger partial charge is 0.479 e. The molecule has 0 unspecified atom stereocenters. The number of rotatable bonds is 8. The van der Waals surface area contributed by atoms with Crippen molar-refractivity contribution in [1.29, 1.82) is 0 Å². The zero-order chi connectivity index (χ0) is 11.0. The Bertz CT molecular complexity index is 162. The van der Waals surface area contributed by atoms with Gasteiger partial charge in [0.25, 0.3) is 0 Å². The molecule has 0 spiro atoms. The maximum Gasteiger partial charge on any atom is 0.335 e. The first-order chi connectivity index (χ1) is 6.63. The lowest BCUT2D eigenvalue weighted by atomic mass is 9.92. The van der Waals surface area contributed by atoms with Crippen LogP contribution >= 0.6 is 0 Å². The summed E-state index contributed by atoms with van der Waals surface area (Å²) in [5.74, 6) is -0.922. The van der Waals surface area contributed by atoms with Gasteiger partial charge in [-0.2, -0.15) is 0 Å². The van der Waals surface area contributed by atoms with Gasteiger partial charge in [-0.15, -0.1) is 0 Å². The number of carboxylic acids is 1. The van der Waals surface area contributed by atoms with Crippen molar-refractivity contribution in [3.63, 3.8) is 0 Å². The second-order valence-electron chi connectivity index (χ2n) is 3.37. The van der Waals surface area contributed by atoms with Crippen LogP contribution in [0.5, 0.6) is 0 Å². The van der Waals surface area contributed by atoms with E-state index < -0.39 is 11.6 Å². The topological polar surface area (TPSA) is 66.8 Å². The van der Waals surface area contributed by atoms with Gasteiger partial charge < -0.3 is 14.9 Å². The molecule has 2 N–H and O–H groups in total. The van der Waals surface area contributed by atoms with Crippen LogP contribution in [0.4, 0.5) is 0 Å². The number of aliphatic hydroxyl groups excluding tert-OH is 1. The molecule has 0 bridgehead atoms. The van der Waals surface area contributed by atoms with Crippen molar-refractivity contribution in [1.82, 2.24) is 0 Å². The summed E-state index contributed by atoms with van der Waals surface area (Å²) >= 11 is 0. The van der Waals surface area contributed by atoms with Crippen LogP contribution in [0.3, 0.4) is 0 Å². The first-order valence-electron chi connectivity index (χ1n) is 5.11. The van der Waals surface area contributed by atoms with Crippen LogP contribution in [0.2, 0.25) is 0 Å². The minimum Gasteiger partial charge on any atom is -0.479 e. The van der Waals surface area contributed by atoms with Gasteiger partial charge in [-0.25, -0.2) is 4.79 Å². The molecule has 0 aromatic rings. The number of carbonyl (C=O) groups is 1. The van der Waals surface area contributed by atoms with Gasteiger partial charge in [0, 0.05) is 0 Å². The van der Waals surface area contributed by atoms with E-state index in [1.54, 1.807) is 0 Å². The van der Waals surface area contributed by atoms with E-state index in [9.17, 15) is 4.79 Å². The number of carboxylic acid groups (broad SMARTS) is 1. The Balaban J connectivity index is 4.46. The molecule has 0 rings (SSSR count). The predicted molar refractivity (Wildman–Crippen MR) is 53.2 cm³/mol. The highest BCUT2D eigenvalue weighted by Crippen LogP contribution is 2.24. The van der Waals surface area contributed by atoms with Crippen LogP contribution in [0.25, 0.3) is 0 Å². The summed E-state index contributed by atoms with van der Waals surface area (Å²) in [6.45, 7) is 3.81. The Morgan fingerprint density at radius 3 is 2.07 bits per heavy atom. The third kappa shape index (κ3) is 3.64. The maximum absolute atomic E-state index is 11.1. The SMILES string of the molecule is CCCC(CCC)(OCCO)C(=O)O. The van der Waals surface area contributed by atoms with E-state index in [2.05, 4.69) is 0 Å². The summed E-state index contributed by atoms with van der Waals surface area (Å²) in [7, 11) is 0. The monoisotopic (exact) mass is 204 g/mol. The minimum absolute atomic E-state index is 0.0896. The number of hydrogen-bond acceptors (Lipinski definition) is 3. The fourth-order valence-corrected chi connectivity index (χ4v) is 1.59. The number of hydrogen-bond donors (Lipinski definition) is 2. The Hall–Kier alpha value is -0.610. The number of ether oxygens (including phenoxy) is 1. The molecule has 0 radical (unpaired) electrons. The van der Waals surface area contributed by atoms with Crippen LogP contribution in [0, 0.1) is 0 Å². The lowest BCUT2D eigenvalue weighted by Gasteiger charge is -2.28. The minimum atomic E-state index is -1.09. The van der Waals surface area contributed by atoms with E-state index in [1.165, 1.54) is 0 Å². The van der Waals surface area contributed by atoms with E-state index in [4.69, 9.17) is 14.9 Å². The van der Waals surface area contributed by atoms with Crippen LogP contribution in [0.1, 0.15) is 39.5 Å². The van der Waals surface area contributed by atoms with E-state index in [0.29, 0.717) is 12.8 Å². The molecule has 0 aliphatic rings. The van der Waals surface area contributed by atoms with Gasteiger partial charge in [0.15, 0.2) is 5.60 Å². The highest BCUT2D eigenvalue weighted by molar-refractivity contribution is 5.77. The second kappa shape index (κ2) is 6.79. The molecule has 4 heteroatoms. The first kappa shape index (κ1) is 13.4. The molecule has 0 amide bonds. The zero-order valence-corrected chi connectivity index (χ0v) is 8.95. The second-order valence-corrected chi connectivity index (χ2v) is 3.37. The summed E-state index contributed by atoms with van der Waals surface area (Å²) in [5, 5.41) is 17.7. The van der Waals surface area contributed by atoms with Crippen molar-refractivity contribution in [3.05, 3.63) is 0 Å². The van der Waals surface area contributed by atoms with E-state index in [0.717, 1.165) is 12.8 Å². The molecule has 4 nitrogen and oxygen atoms in total. The summed E-state index contributed by atoms with van der Waals surface area (Å²) in [6, 6.07) is 0. The fraction of sp³-hybridized carbons (Fsp3) is 0.900. The van der Waals surface area contributed by atoms with Crippen molar-refractivity contribution in [2.45, 2.75) is 45.1 Å². The Morgan fingerprint density at radius 2 is 1.79 bits per heavy atom. The number of aliphatic hydroxyl groups is 1. The Morgan fingerprint density at radius 1 is 1.29 bits per heavy atom.